The first-order chi connectivity index (χ1) is 11.7. The predicted molar refractivity (Wildman–Crippen MR) is 99.0 cm³/mol. The highest BCUT2D eigenvalue weighted by Gasteiger charge is 2.42. The van der Waals surface area contributed by atoms with Gasteiger partial charge in [0.2, 0.25) is 5.91 Å². The second-order valence-corrected chi connectivity index (χ2v) is 10.6. The summed E-state index contributed by atoms with van der Waals surface area (Å²) in [6, 6.07) is 8.60. The molecule has 1 aliphatic heterocycles. The normalized spacial score (nSPS) is 27.2. The molecule has 5 nitrogen and oxygen atoms in total. The van der Waals surface area contributed by atoms with Gasteiger partial charge in [0.25, 0.3) is 0 Å². The van der Waals surface area contributed by atoms with E-state index >= 15 is 0 Å². The zero-order chi connectivity index (χ0) is 18.2. The third-order valence-corrected chi connectivity index (χ3v) is 6.87. The van der Waals surface area contributed by atoms with Gasteiger partial charge in [-0.1, -0.05) is 30.3 Å². The van der Waals surface area contributed by atoms with Gasteiger partial charge < -0.3 is 10.2 Å². The Morgan fingerprint density at radius 1 is 1.16 bits per heavy atom. The van der Waals surface area contributed by atoms with Crippen LogP contribution in [0.3, 0.4) is 0 Å². The van der Waals surface area contributed by atoms with E-state index in [1.54, 1.807) is 4.90 Å². The molecule has 1 aromatic carbocycles. The van der Waals surface area contributed by atoms with Crippen LogP contribution >= 0.6 is 0 Å². The standard InChI is InChI=1S/C19H28N2O3S/c1-19(2,3)20-16-13-25(23,24)17(15-7-5-4-6-8-15)12-21(18(16)22)11-14-9-10-14/h4-8,14,16-17,20H,9-13H2,1-3H3/t16-,17-/m1/s1. The van der Waals surface area contributed by atoms with Crippen LogP contribution in [-0.4, -0.2) is 49.6 Å². The van der Waals surface area contributed by atoms with Crippen molar-refractivity contribution in [3.8, 4) is 0 Å². The van der Waals surface area contributed by atoms with Crippen LogP contribution in [0.4, 0.5) is 0 Å². The second-order valence-electron chi connectivity index (χ2n) is 8.36. The lowest BCUT2D eigenvalue weighted by molar-refractivity contribution is -0.133. The van der Waals surface area contributed by atoms with E-state index in [1.165, 1.54) is 0 Å². The number of benzene rings is 1. The van der Waals surface area contributed by atoms with E-state index in [0.29, 0.717) is 12.5 Å². The molecule has 0 bridgehead atoms. The Morgan fingerprint density at radius 3 is 2.36 bits per heavy atom. The molecular weight excluding hydrogens is 336 g/mol. The van der Waals surface area contributed by atoms with Gasteiger partial charge in [0.15, 0.2) is 9.84 Å². The lowest BCUT2D eigenvalue weighted by Gasteiger charge is -2.30. The van der Waals surface area contributed by atoms with Crippen LogP contribution in [-0.2, 0) is 14.6 Å². The van der Waals surface area contributed by atoms with Crippen molar-refractivity contribution in [3.63, 3.8) is 0 Å². The second kappa shape index (κ2) is 6.72. The summed E-state index contributed by atoms with van der Waals surface area (Å²) in [5.41, 5.74) is 0.445. The Kier molecular flexibility index (Phi) is 4.95. The van der Waals surface area contributed by atoms with Gasteiger partial charge in [-0.25, -0.2) is 8.42 Å². The predicted octanol–water partition coefficient (Wildman–Crippen LogP) is 2.15. The summed E-state index contributed by atoms with van der Waals surface area (Å²) in [4.78, 5) is 14.8. The number of carbonyl (C=O) groups excluding carboxylic acids is 1. The zero-order valence-electron chi connectivity index (χ0n) is 15.2. The number of rotatable bonds is 4. The molecule has 1 heterocycles. The van der Waals surface area contributed by atoms with E-state index in [2.05, 4.69) is 5.32 Å². The van der Waals surface area contributed by atoms with Gasteiger partial charge in [-0.2, -0.15) is 0 Å². The minimum absolute atomic E-state index is 0.0798. The molecule has 0 radical (unpaired) electrons. The third-order valence-electron chi connectivity index (χ3n) is 4.78. The molecule has 1 saturated heterocycles. The van der Waals surface area contributed by atoms with Crippen LogP contribution in [0.2, 0.25) is 0 Å². The zero-order valence-corrected chi connectivity index (χ0v) is 16.1. The number of hydrogen-bond acceptors (Lipinski definition) is 4. The maximum Gasteiger partial charge on any atom is 0.240 e. The first-order valence-corrected chi connectivity index (χ1v) is 10.7. The lowest BCUT2D eigenvalue weighted by Crippen LogP contribution is -2.54. The molecule has 1 aromatic rings. The Labute approximate surface area is 150 Å². The van der Waals surface area contributed by atoms with Gasteiger partial charge in [0.1, 0.15) is 11.3 Å². The number of nitrogens with zero attached hydrogens (tertiary/aromatic N) is 1. The molecule has 1 aliphatic carbocycles. The highest BCUT2D eigenvalue weighted by molar-refractivity contribution is 7.91. The van der Waals surface area contributed by atoms with Crippen LogP contribution < -0.4 is 5.32 Å². The molecule has 138 valence electrons. The largest absolute Gasteiger partial charge is 0.339 e. The highest BCUT2D eigenvalue weighted by Crippen LogP contribution is 2.34. The maximum atomic E-state index is 13.1. The first-order valence-electron chi connectivity index (χ1n) is 8.99. The van der Waals surface area contributed by atoms with E-state index in [4.69, 9.17) is 0 Å². The van der Waals surface area contributed by atoms with Gasteiger partial charge >= 0.3 is 0 Å². The van der Waals surface area contributed by atoms with Gasteiger partial charge in [-0.3, -0.25) is 4.79 Å². The van der Waals surface area contributed by atoms with Crippen molar-refractivity contribution >= 4 is 15.7 Å². The van der Waals surface area contributed by atoms with Crippen LogP contribution in [0.5, 0.6) is 0 Å². The van der Waals surface area contributed by atoms with E-state index < -0.39 is 21.1 Å². The van der Waals surface area contributed by atoms with E-state index in [0.717, 1.165) is 18.4 Å². The summed E-state index contributed by atoms with van der Waals surface area (Å²) in [5, 5.41) is 2.58. The number of amides is 1. The van der Waals surface area contributed by atoms with Crippen molar-refractivity contribution in [2.45, 2.75) is 50.4 Å². The van der Waals surface area contributed by atoms with Crippen molar-refractivity contribution in [2.75, 3.05) is 18.8 Å². The molecule has 2 aliphatic rings. The topological polar surface area (TPSA) is 66.5 Å². The van der Waals surface area contributed by atoms with E-state index in [1.807, 2.05) is 51.1 Å². The highest BCUT2D eigenvalue weighted by atomic mass is 32.2. The fourth-order valence-corrected chi connectivity index (χ4v) is 5.33. The molecule has 0 aromatic heterocycles. The molecule has 0 spiro atoms. The molecule has 1 amide bonds. The van der Waals surface area contributed by atoms with Crippen molar-refractivity contribution in [1.29, 1.82) is 0 Å². The molecule has 2 fully saturated rings. The third kappa shape index (κ3) is 4.61. The SMILES string of the molecule is CC(C)(C)N[C@@H]1CS(=O)(=O)[C@@H](c2ccccc2)CN(CC2CC2)C1=O. The van der Waals surface area contributed by atoms with Crippen molar-refractivity contribution in [2.24, 2.45) is 5.92 Å². The number of sulfone groups is 1. The fourth-order valence-electron chi connectivity index (χ4n) is 3.43. The van der Waals surface area contributed by atoms with Gasteiger partial charge in [0.05, 0.1) is 5.75 Å². The molecule has 0 unspecified atom stereocenters. The van der Waals surface area contributed by atoms with Gasteiger partial charge in [0, 0.05) is 18.6 Å². The minimum atomic E-state index is -3.44. The number of carbonyl (C=O) groups is 1. The average molecular weight is 365 g/mol. The minimum Gasteiger partial charge on any atom is -0.339 e. The van der Waals surface area contributed by atoms with Gasteiger partial charge in [-0.05, 0) is 45.1 Å². The Morgan fingerprint density at radius 2 is 1.80 bits per heavy atom. The lowest BCUT2D eigenvalue weighted by atomic mass is 10.1. The Hall–Kier alpha value is -1.40. The molecule has 3 rings (SSSR count). The Balaban J connectivity index is 1.94. The first kappa shape index (κ1) is 18.4. The number of hydrogen-bond donors (Lipinski definition) is 1. The number of nitrogens with one attached hydrogen (secondary N) is 1. The van der Waals surface area contributed by atoms with Crippen LogP contribution in [0.1, 0.15) is 44.4 Å². The summed E-state index contributed by atoms with van der Waals surface area (Å²) >= 11 is 0. The monoisotopic (exact) mass is 364 g/mol. The molecule has 6 heteroatoms. The van der Waals surface area contributed by atoms with Crippen LogP contribution in [0, 0.1) is 5.92 Å². The summed E-state index contributed by atoms with van der Waals surface area (Å²) in [5.74, 6) is 0.296. The van der Waals surface area contributed by atoms with Gasteiger partial charge in [-0.15, -0.1) is 0 Å². The quantitative estimate of drug-likeness (QED) is 0.889. The van der Waals surface area contributed by atoms with Crippen molar-refractivity contribution < 1.29 is 13.2 Å². The molecule has 1 N–H and O–H groups in total. The van der Waals surface area contributed by atoms with Crippen molar-refractivity contribution in [1.82, 2.24) is 10.2 Å². The maximum absolute atomic E-state index is 13.1. The van der Waals surface area contributed by atoms with Crippen molar-refractivity contribution in [3.05, 3.63) is 35.9 Å². The summed E-state index contributed by atoms with van der Waals surface area (Å²) in [6.07, 6.45) is 2.26. The summed E-state index contributed by atoms with van der Waals surface area (Å²) in [6.45, 7) is 6.79. The average Bonchev–Trinajstić information content (AvgIpc) is 3.33. The molecular formula is C19H28N2O3S. The smallest absolute Gasteiger partial charge is 0.240 e. The Bertz CT molecular complexity index is 721. The fraction of sp³-hybridized carbons (Fsp3) is 0.632. The van der Waals surface area contributed by atoms with Crippen LogP contribution in [0.15, 0.2) is 30.3 Å². The molecule has 25 heavy (non-hydrogen) atoms. The molecule has 1 saturated carbocycles. The summed E-state index contributed by atoms with van der Waals surface area (Å²) < 4.78 is 26.1. The van der Waals surface area contributed by atoms with Crippen LogP contribution in [0.25, 0.3) is 0 Å². The van der Waals surface area contributed by atoms with E-state index in [9.17, 15) is 13.2 Å². The van der Waals surface area contributed by atoms with E-state index in [-0.39, 0.29) is 23.7 Å². The summed E-state index contributed by atoms with van der Waals surface area (Å²) in [7, 11) is -3.44. The molecule has 2 atom stereocenters.